The lowest BCUT2D eigenvalue weighted by atomic mass is 10.0. The average Bonchev–Trinajstić information content (AvgIpc) is 3.37. The summed E-state index contributed by atoms with van der Waals surface area (Å²) in [5.74, 6) is 0.786. The minimum Gasteiger partial charge on any atom is -0.454 e. The van der Waals surface area contributed by atoms with Crippen LogP contribution in [0.2, 0.25) is 0 Å². The van der Waals surface area contributed by atoms with Crippen molar-refractivity contribution in [1.29, 1.82) is 0 Å². The summed E-state index contributed by atoms with van der Waals surface area (Å²) in [4.78, 5) is 25.4. The minimum absolute atomic E-state index is 0.129. The summed E-state index contributed by atoms with van der Waals surface area (Å²) < 4.78 is 16.2. The maximum atomic E-state index is 12.7. The Bertz CT molecular complexity index is 1370. The summed E-state index contributed by atoms with van der Waals surface area (Å²) >= 11 is 0. The molecule has 0 atom stereocenters. The Kier molecular flexibility index (Phi) is 5.91. The first kappa shape index (κ1) is 21.2. The Balaban J connectivity index is 1.30. The Labute approximate surface area is 196 Å². The van der Waals surface area contributed by atoms with E-state index in [9.17, 15) is 9.59 Å². The van der Waals surface area contributed by atoms with Gasteiger partial charge in [0.25, 0.3) is 0 Å². The van der Waals surface area contributed by atoms with Crippen molar-refractivity contribution in [2.24, 2.45) is 0 Å². The van der Waals surface area contributed by atoms with Crippen LogP contribution in [-0.2, 0) is 0 Å². The van der Waals surface area contributed by atoms with E-state index in [1.165, 1.54) is 6.08 Å². The zero-order valence-corrected chi connectivity index (χ0v) is 18.1. The van der Waals surface area contributed by atoms with Gasteiger partial charge in [0, 0.05) is 11.1 Å². The van der Waals surface area contributed by atoms with E-state index in [0.717, 1.165) is 11.1 Å². The van der Waals surface area contributed by atoms with Crippen molar-refractivity contribution in [3.05, 3.63) is 120 Å². The fourth-order valence-corrected chi connectivity index (χ4v) is 3.61. The molecule has 0 bridgehead atoms. The standard InChI is InChI=1S/C29H20O5/c30-25(22-12-10-21(11-13-22)20-6-2-1-3-7-20)16-14-23-8-4-5-9-26(23)34-29(31)24-15-17-27-28(18-24)33-19-32-27/h1-18H,19H2/b16-14+. The molecule has 4 aromatic carbocycles. The lowest BCUT2D eigenvalue weighted by Gasteiger charge is -2.08. The van der Waals surface area contributed by atoms with Crippen LogP contribution in [0.3, 0.4) is 0 Å². The van der Waals surface area contributed by atoms with E-state index in [2.05, 4.69) is 0 Å². The van der Waals surface area contributed by atoms with E-state index >= 15 is 0 Å². The van der Waals surface area contributed by atoms with Crippen LogP contribution in [0.4, 0.5) is 0 Å². The molecule has 34 heavy (non-hydrogen) atoms. The molecule has 0 amide bonds. The van der Waals surface area contributed by atoms with Crippen LogP contribution in [0.1, 0.15) is 26.3 Å². The largest absolute Gasteiger partial charge is 0.454 e. The third-order valence-electron chi connectivity index (χ3n) is 5.42. The van der Waals surface area contributed by atoms with Gasteiger partial charge in [-0.25, -0.2) is 4.79 Å². The highest BCUT2D eigenvalue weighted by Crippen LogP contribution is 2.33. The minimum atomic E-state index is -0.526. The molecule has 0 saturated heterocycles. The van der Waals surface area contributed by atoms with Gasteiger partial charge in [0.2, 0.25) is 6.79 Å². The highest BCUT2D eigenvalue weighted by molar-refractivity contribution is 6.07. The molecule has 5 nitrogen and oxygen atoms in total. The highest BCUT2D eigenvalue weighted by Gasteiger charge is 2.18. The number of allylic oxidation sites excluding steroid dienone is 1. The SMILES string of the molecule is O=C(/C=C/c1ccccc1OC(=O)c1ccc2c(c1)OCO2)c1ccc(-c2ccccc2)cc1. The molecule has 1 aliphatic rings. The lowest BCUT2D eigenvalue weighted by molar-refractivity contribution is 0.0733. The van der Waals surface area contributed by atoms with Gasteiger partial charge in [-0.1, -0.05) is 72.8 Å². The second-order valence-electron chi connectivity index (χ2n) is 7.64. The number of ether oxygens (including phenoxy) is 3. The average molecular weight is 448 g/mol. The summed E-state index contributed by atoms with van der Waals surface area (Å²) in [5, 5.41) is 0. The zero-order valence-electron chi connectivity index (χ0n) is 18.1. The monoisotopic (exact) mass is 448 g/mol. The van der Waals surface area contributed by atoms with Crippen molar-refractivity contribution in [3.8, 4) is 28.4 Å². The maximum absolute atomic E-state index is 12.7. The van der Waals surface area contributed by atoms with Crippen LogP contribution in [0.25, 0.3) is 17.2 Å². The lowest BCUT2D eigenvalue weighted by Crippen LogP contribution is -2.09. The number of hydrogen-bond acceptors (Lipinski definition) is 5. The van der Waals surface area contributed by atoms with Crippen molar-refractivity contribution < 1.29 is 23.8 Å². The van der Waals surface area contributed by atoms with Crippen LogP contribution in [0, 0.1) is 0 Å². The van der Waals surface area contributed by atoms with Gasteiger partial charge >= 0.3 is 5.97 Å². The fourth-order valence-electron chi connectivity index (χ4n) is 3.61. The van der Waals surface area contributed by atoms with Crippen LogP contribution in [0.5, 0.6) is 17.2 Å². The number of rotatable bonds is 6. The third-order valence-corrected chi connectivity index (χ3v) is 5.42. The molecule has 0 N–H and O–H groups in total. The van der Waals surface area contributed by atoms with E-state index < -0.39 is 5.97 Å². The van der Waals surface area contributed by atoms with Crippen molar-refractivity contribution in [2.75, 3.05) is 6.79 Å². The van der Waals surface area contributed by atoms with Crippen molar-refractivity contribution in [1.82, 2.24) is 0 Å². The van der Waals surface area contributed by atoms with Crippen molar-refractivity contribution in [2.45, 2.75) is 0 Å². The predicted molar refractivity (Wildman–Crippen MR) is 129 cm³/mol. The summed E-state index contributed by atoms with van der Waals surface area (Å²) in [6.07, 6.45) is 3.13. The summed E-state index contributed by atoms with van der Waals surface area (Å²) in [6.45, 7) is 0.129. The van der Waals surface area contributed by atoms with Gasteiger partial charge in [-0.05, 0) is 47.5 Å². The number of carbonyl (C=O) groups excluding carboxylic acids is 2. The number of para-hydroxylation sites is 1. The molecule has 5 heteroatoms. The smallest absolute Gasteiger partial charge is 0.343 e. The van der Waals surface area contributed by atoms with Gasteiger partial charge in [-0.3, -0.25) is 4.79 Å². The van der Waals surface area contributed by atoms with Crippen LogP contribution < -0.4 is 14.2 Å². The van der Waals surface area contributed by atoms with Crippen molar-refractivity contribution >= 4 is 17.8 Å². The highest BCUT2D eigenvalue weighted by atomic mass is 16.7. The molecule has 4 aromatic rings. The summed E-state index contributed by atoms with van der Waals surface area (Å²) in [6, 6.07) is 29.4. The number of hydrogen-bond donors (Lipinski definition) is 0. The molecule has 1 aliphatic heterocycles. The van der Waals surface area contributed by atoms with Crippen LogP contribution in [-0.4, -0.2) is 18.5 Å². The number of benzene rings is 4. The van der Waals surface area contributed by atoms with E-state index in [0.29, 0.717) is 33.9 Å². The Hall–Kier alpha value is -4.64. The first-order valence-corrected chi connectivity index (χ1v) is 10.8. The topological polar surface area (TPSA) is 61.8 Å². The Morgan fingerprint density at radius 2 is 1.38 bits per heavy atom. The molecule has 5 rings (SSSR count). The van der Waals surface area contributed by atoms with E-state index in [1.54, 1.807) is 54.6 Å². The second kappa shape index (κ2) is 9.46. The van der Waals surface area contributed by atoms with Gasteiger partial charge in [0.15, 0.2) is 17.3 Å². The molecular formula is C29H20O5. The molecule has 0 saturated carbocycles. The Morgan fingerprint density at radius 3 is 2.21 bits per heavy atom. The zero-order chi connectivity index (χ0) is 23.3. The summed E-state index contributed by atoms with van der Waals surface area (Å²) in [7, 11) is 0. The second-order valence-corrected chi connectivity index (χ2v) is 7.64. The number of carbonyl (C=O) groups is 2. The molecule has 0 radical (unpaired) electrons. The number of ketones is 1. The molecular weight excluding hydrogens is 428 g/mol. The maximum Gasteiger partial charge on any atom is 0.343 e. The van der Waals surface area contributed by atoms with Gasteiger partial charge < -0.3 is 14.2 Å². The van der Waals surface area contributed by atoms with E-state index in [-0.39, 0.29) is 12.6 Å². The number of fused-ring (bicyclic) bond motifs is 1. The van der Waals surface area contributed by atoms with Gasteiger partial charge in [0.1, 0.15) is 5.75 Å². The quantitative estimate of drug-likeness (QED) is 0.152. The molecule has 0 unspecified atom stereocenters. The number of esters is 1. The fraction of sp³-hybridized carbons (Fsp3) is 0.0345. The third kappa shape index (κ3) is 4.59. The van der Waals surface area contributed by atoms with Gasteiger partial charge in [-0.2, -0.15) is 0 Å². The van der Waals surface area contributed by atoms with Gasteiger partial charge in [0.05, 0.1) is 5.56 Å². The first-order valence-electron chi connectivity index (χ1n) is 10.8. The molecule has 166 valence electrons. The molecule has 0 aliphatic carbocycles. The van der Waals surface area contributed by atoms with E-state index in [4.69, 9.17) is 14.2 Å². The van der Waals surface area contributed by atoms with E-state index in [1.807, 2.05) is 48.5 Å². The Morgan fingerprint density at radius 1 is 0.706 bits per heavy atom. The van der Waals surface area contributed by atoms with Crippen LogP contribution in [0.15, 0.2) is 103 Å². The predicted octanol–water partition coefficient (Wildman–Crippen LogP) is 6.20. The van der Waals surface area contributed by atoms with Gasteiger partial charge in [-0.15, -0.1) is 0 Å². The molecule has 0 fully saturated rings. The van der Waals surface area contributed by atoms with Crippen molar-refractivity contribution in [3.63, 3.8) is 0 Å². The molecule has 1 heterocycles. The molecule has 0 spiro atoms. The molecule has 0 aromatic heterocycles. The van der Waals surface area contributed by atoms with Crippen LogP contribution >= 0.6 is 0 Å². The first-order chi connectivity index (χ1) is 16.7. The normalized spacial score (nSPS) is 12.0. The summed E-state index contributed by atoms with van der Waals surface area (Å²) in [5.41, 5.74) is 3.67.